The van der Waals surface area contributed by atoms with Gasteiger partial charge in [-0.05, 0) is 25.5 Å². The number of nitrogens with zero attached hydrogens (tertiary/aromatic N) is 3. The maximum atomic E-state index is 13.0. The summed E-state index contributed by atoms with van der Waals surface area (Å²) >= 11 is 0. The van der Waals surface area contributed by atoms with Crippen molar-refractivity contribution in [3.8, 4) is 17.5 Å². The summed E-state index contributed by atoms with van der Waals surface area (Å²) in [5.41, 5.74) is 4.86. The van der Waals surface area contributed by atoms with Crippen molar-refractivity contribution in [1.29, 1.82) is 5.26 Å². The first kappa shape index (κ1) is 17.8. The van der Waals surface area contributed by atoms with E-state index < -0.39 is 17.6 Å². The molecule has 9 heteroatoms. The summed E-state index contributed by atoms with van der Waals surface area (Å²) in [5.74, 6) is -1.46. The molecule has 2 heterocycles. The zero-order valence-corrected chi connectivity index (χ0v) is 13.7. The highest BCUT2D eigenvalue weighted by Crippen LogP contribution is 2.39. The van der Waals surface area contributed by atoms with Crippen LogP contribution in [0.5, 0.6) is 0 Å². The van der Waals surface area contributed by atoms with Gasteiger partial charge >= 0.3 is 12.1 Å². The molecule has 2 unspecified atom stereocenters. The highest BCUT2D eigenvalue weighted by molar-refractivity contribution is 5.88. The Hall–Kier alpha value is -3.02. The van der Waals surface area contributed by atoms with E-state index in [2.05, 4.69) is 11.2 Å². The van der Waals surface area contributed by atoms with Gasteiger partial charge in [0, 0.05) is 24.1 Å². The molecule has 3 rings (SSSR count). The van der Waals surface area contributed by atoms with E-state index in [4.69, 9.17) is 15.4 Å². The molecular formula is C17H15F3N4O2. The largest absolute Gasteiger partial charge is 0.432 e. The second-order valence-electron chi connectivity index (χ2n) is 6.21. The number of likely N-dealkylation sites (tertiary alicyclic amines) is 1. The second kappa shape index (κ2) is 6.37. The molecule has 6 nitrogen and oxygen atoms in total. The third kappa shape index (κ3) is 3.22. The van der Waals surface area contributed by atoms with E-state index in [1.807, 2.05) is 6.92 Å². The first-order chi connectivity index (χ1) is 12.2. The van der Waals surface area contributed by atoms with Crippen molar-refractivity contribution in [2.45, 2.75) is 31.5 Å². The summed E-state index contributed by atoms with van der Waals surface area (Å²) in [5, 5.41) is 9.14. The number of hydrogen-bond acceptors (Lipinski definition) is 5. The van der Waals surface area contributed by atoms with Crippen LogP contribution in [0.1, 0.15) is 41.2 Å². The van der Waals surface area contributed by atoms with E-state index in [-0.39, 0.29) is 29.2 Å². The summed E-state index contributed by atoms with van der Waals surface area (Å²) in [4.78, 5) is 17.1. The molecule has 2 aromatic rings. The molecule has 0 spiro atoms. The molecular weight excluding hydrogens is 349 g/mol. The third-order valence-corrected chi connectivity index (χ3v) is 4.41. The molecule has 2 atom stereocenters. The van der Waals surface area contributed by atoms with Gasteiger partial charge in [-0.3, -0.25) is 4.79 Å². The van der Waals surface area contributed by atoms with Gasteiger partial charge in [0.1, 0.15) is 0 Å². The van der Waals surface area contributed by atoms with Gasteiger partial charge in [0.15, 0.2) is 12.0 Å². The van der Waals surface area contributed by atoms with Crippen molar-refractivity contribution in [1.82, 2.24) is 9.88 Å². The van der Waals surface area contributed by atoms with Gasteiger partial charge in [-0.25, -0.2) is 4.98 Å². The van der Waals surface area contributed by atoms with Crippen LogP contribution in [0.25, 0.3) is 11.3 Å². The van der Waals surface area contributed by atoms with Gasteiger partial charge in [-0.2, -0.15) is 18.4 Å². The number of nitrogens with two attached hydrogens (primary N) is 1. The zero-order chi connectivity index (χ0) is 19.1. The molecule has 1 fully saturated rings. The van der Waals surface area contributed by atoms with Crippen LogP contribution >= 0.6 is 0 Å². The fourth-order valence-electron chi connectivity index (χ4n) is 3.13. The van der Waals surface area contributed by atoms with Crippen molar-refractivity contribution >= 4 is 5.91 Å². The highest BCUT2D eigenvalue weighted by Gasteiger charge is 2.35. The minimum atomic E-state index is -4.51. The Morgan fingerprint density at radius 2 is 2.19 bits per heavy atom. The van der Waals surface area contributed by atoms with E-state index >= 15 is 0 Å². The van der Waals surface area contributed by atoms with Gasteiger partial charge in [0.2, 0.25) is 0 Å². The van der Waals surface area contributed by atoms with Gasteiger partial charge in [0.05, 0.1) is 11.3 Å². The number of nitriles is 1. The Morgan fingerprint density at radius 3 is 2.77 bits per heavy atom. The van der Waals surface area contributed by atoms with E-state index in [1.165, 1.54) is 12.1 Å². The van der Waals surface area contributed by atoms with Crippen LogP contribution < -0.4 is 5.73 Å². The fourth-order valence-corrected chi connectivity index (χ4v) is 3.13. The first-order valence-electron chi connectivity index (χ1n) is 7.85. The molecule has 1 aliphatic rings. The Kier molecular flexibility index (Phi) is 4.36. The number of rotatable bonds is 3. The van der Waals surface area contributed by atoms with Crippen molar-refractivity contribution in [2.75, 3.05) is 6.54 Å². The molecule has 2 N–H and O–H groups in total. The smallest absolute Gasteiger partial charge is 0.416 e. The van der Waals surface area contributed by atoms with E-state index in [0.29, 0.717) is 18.7 Å². The van der Waals surface area contributed by atoms with E-state index in [1.54, 1.807) is 4.90 Å². The number of hydrogen-bond donors (Lipinski definition) is 1. The minimum Gasteiger partial charge on any atom is -0.432 e. The average Bonchev–Trinajstić information content (AvgIpc) is 3.17. The van der Waals surface area contributed by atoms with Crippen molar-refractivity contribution in [3.05, 3.63) is 41.4 Å². The topological polar surface area (TPSA) is 96.2 Å². The Bertz CT molecular complexity index is 885. The Labute approximate surface area is 147 Å². The SMILES string of the molecule is CC1CC(c2nc(C(N)=O)oc2-c2cccc(C(F)(F)F)c2)CN1C#N. The number of alkyl halides is 3. The van der Waals surface area contributed by atoms with Crippen LogP contribution in [0.4, 0.5) is 13.2 Å². The van der Waals surface area contributed by atoms with Crippen LogP contribution in [0.15, 0.2) is 28.7 Å². The molecule has 26 heavy (non-hydrogen) atoms. The van der Waals surface area contributed by atoms with Crippen LogP contribution in [0, 0.1) is 11.5 Å². The number of amides is 1. The van der Waals surface area contributed by atoms with E-state index in [0.717, 1.165) is 12.1 Å². The van der Waals surface area contributed by atoms with Crippen LogP contribution in [0.3, 0.4) is 0 Å². The van der Waals surface area contributed by atoms with Gasteiger partial charge < -0.3 is 15.1 Å². The van der Waals surface area contributed by atoms with Gasteiger partial charge in [-0.15, -0.1) is 0 Å². The molecule has 1 aromatic carbocycles. The Balaban J connectivity index is 2.08. The standard InChI is InChI=1S/C17H15F3N4O2/c1-9-5-11(7-24(9)8-21)13-14(26-16(23-13)15(22)25)10-3-2-4-12(6-10)17(18,19)20/h2-4,6,9,11H,5,7H2,1H3,(H2,22,25). The lowest BCUT2D eigenvalue weighted by molar-refractivity contribution is -0.137. The predicted octanol–water partition coefficient (Wildman–Crippen LogP) is 3.12. The molecule has 136 valence electrons. The van der Waals surface area contributed by atoms with Crippen molar-refractivity contribution in [3.63, 3.8) is 0 Å². The fraction of sp³-hybridized carbons (Fsp3) is 0.353. The third-order valence-electron chi connectivity index (χ3n) is 4.41. The van der Waals surface area contributed by atoms with Crippen LogP contribution in [-0.2, 0) is 6.18 Å². The number of carbonyl (C=O) groups is 1. The maximum absolute atomic E-state index is 13.0. The Morgan fingerprint density at radius 1 is 1.46 bits per heavy atom. The zero-order valence-electron chi connectivity index (χ0n) is 13.7. The first-order valence-corrected chi connectivity index (χ1v) is 7.85. The monoisotopic (exact) mass is 364 g/mol. The number of oxazole rings is 1. The molecule has 0 saturated carbocycles. The quantitative estimate of drug-likeness (QED) is 0.844. The predicted molar refractivity (Wildman–Crippen MR) is 84.6 cm³/mol. The average molecular weight is 364 g/mol. The van der Waals surface area contributed by atoms with E-state index in [9.17, 15) is 18.0 Å². The van der Waals surface area contributed by atoms with Crippen molar-refractivity contribution < 1.29 is 22.4 Å². The highest BCUT2D eigenvalue weighted by atomic mass is 19.4. The summed E-state index contributed by atoms with van der Waals surface area (Å²) in [6.45, 7) is 2.20. The van der Waals surface area contributed by atoms with Gasteiger partial charge in [-0.1, -0.05) is 12.1 Å². The number of aromatic nitrogens is 1. The number of halogens is 3. The molecule has 1 saturated heterocycles. The molecule has 1 aliphatic heterocycles. The van der Waals surface area contributed by atoms with Crippen molar-refractivity contribution in [2.24, 2.45) is 5.73 Å². The molecule has 0 radical (unpaired) electrons. The molecule has 0 bridgehead atoms. The summed E-state index contributed by atoms with van der Waals surface area (Å²) < 4.78 is 44.4. The number of primary amides is 1. The van der Waals surface area contributed by atoms with Gasteiger partial charge in [0.25, 0.3) is 5.89 Å². The lowest BCUT2D eigenvalue weighted by atomic mass is 9.97. The van der Waals surface area contributed by atoms with Crippen LogP contribution in [-0.4, -0.2) is 28.4 Å². The normalized spacial score (nSPS) is 20.2. The molecule has 1 aromatic heterocycles. The molecule has 1 amide bonds. The lowest BCUT2D eigenvalue weighted by Crippen LogP contribution is -2.20. The summed E-state index contributed by atoms with van der Waals surface area (Å²) in [7, 11) is 0. The second-order valence-corrected chi connectivity index (χ2v) is 6.21. The number of carbonyl (C=O) groups excluding carboxylic acids is 1. The maximum Gasteiger partial charge on any atom is 0.416 e. The number of benzene rings is 1. The lowest BCUT2D eigenvalue weighted by Gasteiger charge is -2.11. The summed E-state index contributed by atoms with van der Waals surface area (Å²) in [6.07, 6.45) is -1.89. The summed E-state index contributed by atoms with van der Waals surface area (Å²) in [6, 6.07) is 4.55. The minimum absolute atomic E-state index is 0.0481. The van der Waals surface area contributed by atoms with Crippen LogP contribution in [0.2, 0.25) is 0 Å². The molecule has 0 aliphatic carbocycles.